The molecule has 20 heavy (non-hydrogen) atoms. The van der Waals surface area contributed by atoms with E-state index in [0.717, 1.165) is 32.4 Å². The zero-order valence-electron chi connectivity index (χ0n) is 12.2. The molecule has 0 spiro atoms. The second-order valence-corrected chi connectivity index (χ2v) is 6.15. The first kappa shape index (κ1) is 13.6. The van der Waals surface area contributed by atoms with Crippen LogP contribution in [0.1, 0.15) is 44.2 Å². The number of amides is 1. The van der Waals surface area contributed by atoms with Crippen LogP contribution < -0.4 is 5.32 Å². The highest BCUT2D eigenvalue weighted by molar-refractivity contribution is 5.83. The van der Waals surface area contributed by atoms with Gasteiger partial charge in [0.1, 0.15) is 0 Å². The summed E-state index contributed by atoms with van der Waals surface area (Å²) in [6, 6.07) is 10.8. The Kier molecular flexibility index (Phi) is 4.06. The van der Waals surface area contributed by atoms with E-state index in [1.807, 2.05) is 6.07 Å². The van der Waals surface area contributed by atoms with Crippen molar-refractivity contribution in [3.8, 4) is 0 Å². The fourth-order valence-corrected chi connectivity index (χ4v) is 3.61. The van der Waals surface area contributed by atoms with Crippen LogP contribution >= 0.6 is 0 Å². The Morgan fingerprint density at radius 1 is 1.20 bits per heavy atom. The van der Waals surface area contributed by atoms with E-state index in [9.17, 15) is 4.79 Å². The molecule has 3 unspecified atom stereocenters. The Hall–Kier alpha value is -1.35. The summed E-state index contributed by atoms with van der Waals surface area (Å²) in [6.07, 6.45) is 4.56. The maximum atomic E-state index is 12.9. The number of piperidine rings is 1. The number of nitrogens with one attached hydrogen (secondary N) is 1. The van der Waals surface area contributed by atoms with Crippen LogP contribution in [0.25, 0.3) is 0 Å². The van der Waals surface area contributed by atoms with E-state index in [4.69, 9.17) is 0 Å². The highest BCUT2D eigenvalue weighted by atomic mass is 16.2. The lowest BCUT2D eigenvalue weighted by atomic mass is 9.91. The van der Waals surface area contributed by atoms with Crippen molar-refractivity contribution in [3.05, 3.63) is 35.9 Å². The zero-order valence-corrected chi connectivity index (χ0v) is 12.2. The van der Waals surface area contributed by atoms with Crippen molar-refractivity contribution in [2.24, 2.45) is 5.92 Å². The molecule has 1 N–H and O–H groups in total. The molecule has 0 bridgehead atoms. The summed E-state index contributed by atoms with van der Waals surface area (Å²) in [5.41, 5.74) is 1.28. The SMILES string of the molecule is CC1CCCNC1C(=O)N1CCCC1c1ccccc1. The summed E-state index contributed by atoms with van der Waals surface area (Å²) in [5.74, 6) is 0.761. The average Bonchev–Trinajstić information content (AvgIpc) is 2.97. The van der Waals surface area contributed by atoms with E-state index in [0.29, 0.717) is 11.8 Å². The number of carbonyl (C=O) groups is 1. The highest BCUT2D eigenvalue weighted by Crippen LogP contribution is 2.33. The largest absolute Gasteiger partial charge is 0.334 e. The van der Waals surface area contributed by atoms with Gasteiger partial charge in [0.25, 0.3) is 0 Å². The molecular formula is C17H24N2O. The number of likely N-dealkylation sites (tertiary alicyclic amines) is 1. The van der Waals surface area contributed by atoms with Crippen molar-refractivity contribution >= 4 is 5.91 Å². The Balaban J connectivity index is 1.76. The van der Waals surface area contributed by atoms with E-state index in [1.54, 1.807) is 0 Å². The maximum Gasteiger partial charge on any atom is 0.240 e. The molecule has 3 atom stereocenters. The predicted octanol–water partition coefficient (Wildman–Crippen LogP) is 2.74. The lowest BCUT2D eigenvalue weighted by Crippen LogP contribution is -2.52. The molecule has 2 saturated heterocycles. The van der Waals surface area contributed by atoms with Gasteiger partial charge in [-0.05, 0) is 43.7 Å². The first-order valence-electron chi connectivity index (χ1n) is 7.86. The summed E-state index contributed by atoms with van der Waals surface area (Å²) < 4.78 is 0. The van der Waals surface area contributed by atoms with Crippen molar-refractivity contribution in [2.45, 2.75) is 44.7 Å². The third kappa shape index (κ3) is 2.59. The van der Waals surface area contributed by atoms with Gasteiger partial charge in [-0.25, -0.2) is 0 Å². The zero-order chi connectivity index (χ0) is 13.9. The van der Waals surface area contributed by atoms with Crippen LogP contribution in [0.15, 0.2) is 30.3 Å². The van der Waals surface area contributed by atoms with Gasteiger partial charge in [-0.1, -0.05) is 37.3 Å². The van der Waals surface area contributed by atoms with E-state index >= 15 is 0 Å². The minimum atomic E-state index is 0.0214. The van der Waals surface area contributed by atoms with E-state index in [1.165, 1.54) is 12.0 Å². The molecule has 2 heterocycles. The number of benzene rings is 1. The maximum absolute atomic E-state index is 12.9. The smallest absolute Gasteiger partial charge is 0.240 e. The molecule has 0 saturated carbocycles. The van der Waals surface area contributed by atoms with Crippen molar-refractivity contribution in [2.75, 3.05) is 13.1 Å². The predicted molar refractivity (Wildman–Crippen MR) is 80.3 cm³/mol. The molecule has 3 heteroatoms. The Bertz CT molecular complexity index is 459. The summed E-state index contributed by atoms with van der Waals surface area (Å²) in [5, 5.41) is 3.43. The van der Waals surface area contributed by atoms with Crippen LogP contribution in [0.2, 0.25) is 0 Å². The van der Waals surface area contributed by atoms with Crippen LogP contribution in [0.4, 0.5) is 0 Å². The second-order valence-electron chi connectivity index (χ2n) is 6.15. The lowest BCUT2D eigenvalue weighted by molar-refractivity contribution is -0.136. The molecule has 2 aliphatic heterocycles. The molecule has 0 aliphatic carbocycles. The summed E-state index contributed by atoms with van der Waals surface area (Å²) in [4.78, 5) is 15.0. The third-order valence-electron chi connectivity index (χ3n) is 4.76. The van der Waals surface area contributed by atoms with Crippen molar-refractivity contribution in [1.29, 1.82) is 0 Å². The third-order valence-corrected chi connectivity index (χ3v) is 4.76. The van der Waals surface area contributed by atoms with Gasteiger partial charge in [-0.2, -0.15) is 0 Å². The molecule has 0 aromatic heterocycles. The Labute approximate surface area is 121 Å². The van der Waals surface area contributed by atoms with Crippen LogP contribution in [0, 0.1) is 5.92 Å². The minimum Gasteiger partial charge on any atom is -0.334 e. The molecule has 0 radical (unpaired) electrons. The van der Waals surface area contributed by atoms with Gasteiger partial charge in [-0.15, -0.1) is 0 Å². The van der Waals surface area contributed by atoms with Gasteiger partial charge >= 0.3 is 0 Å². The normalized spacial score (nSPS) is 30.4. The van der Waals surface area contributed by atoms with E-state index in [-0.39, 0.29) is 12.1 Å². The van der Waals surface area contributed by atoms with Crippen LogP contribution in [-0.2, 0) is 4.79 Å². The van der Waals surface area contributed by atoms with Gasteiger partial charge < -0.3 is 10.2 Å². The molecule has 3 nitrogen and oxygen atoms in total. The van der Waals surface area contributed by atoms with Gasteiger partial charge in [0, 0.05) is 6.54 Å². The first-order chi connectivity index (χ1) is 9.77. The van der Waals surface area contributed by atoms with Gasteiger partial charge in [0.15, 0.2) is 0 Å². The number of carbonyl (C=O) groups excluding carboxylic acids is 1. The molecule has 2 aliphatic rings. The average molecular weight is 272 g/mol. The van der Waals surface area contributed by atoms with E-state index in [2.05, 4.69) is 41.4 Å². The topological polar surface area (TPSA) is 32.3 Å². The number of nitrogens with zero attached hydrogens (tertiary/aromatic N) is 1. The fraction of sp³-hybridized carbons (Fsp3) is 0.588. The Morgan fingerprint density at radius 3 is 2.75 bits per heavy atom. The highest BCUT2D eigenvalue weighted by Gasteiger charge is 2.36. The van der Waals surface area contributed by atoms with Gasteiger partial charge in [0.05, 0.1) is 12.1 Å². The summed E-state index contributed by atoms with van der Waals surface area (Å²) in [6.45, 7) is 4.08. The molecule has 2 fully saturated rings. The summed E-state index contributed by atoms with van der Waals surface area (Å²) >= 11 is 0. The molecule has 1 aromatic carbocycles. The molecule has 1 aromatic rings. The molecule has 3 rings (SSSR count). The van der Waals surface area contributed by atoms with Crippen molar-refractivity contribution in [1.82, 2.24) is 10.2 Å². The van der Waals surface area contributed by atoms with Gasteiger partial charge in [0.2, 0.25) is 5.91 Å². The first-order valence-corrected chi connectivity index (χ1v) is 7.86. The second kappa shape index (κ2) is 5.96. The molecule has 1 amide bonds. The van der Waals surface area contributed by atoms with Crippen LogP contribution in [0.5, 0.6) is 0 Å². The van der Waals surface area contributed by atoms with Crippen LogP contribution in [0.3, 0.4) is 0 Å². The molecular weight excluding hydrogens is 248 g/mol. The fourth-order valence-electron chi connectivity index (χ4n) is 3.61. The van der Waals surface area contributed by atoms with E-state index < -0.39 is 0 Å². The number of hydrogen-bond donors (Lipinski definition) is 1. The lowest BCUT2D eigenvalue weighted by Gasteiger charge is -2.34. The monoisotopic (exact) mass is 272 g/mol. The van der Waals surface area contributed by atoms with Crippen molar-refractivity contribution < 1.29 is 4.79 Å². The number of rotatable bonds is 2. The van der Waals surface area contributed by atoms with Crippen LogP contribution in [-0.4, -0.2) is 29.9 Å². The van der Waals surface area contributed by atoms with Gasteiger partial charge in [-0.3, -0.25) is 4.79 Å². The quantitative estimate of drug-likeness (QED) is 0.898. The summed E-state index contributed by atoms with van der Waals surface area (Å²) in [7, 11) is 0. The van der Waals surface area contributed by atoms with Crippen molar-refractivity contribution in [3.63, 3.8) is 0 Å². The Morgan fingerprint density at radius 2 is 2.00 bits per heavy atom. The standard InChI is InChI=1S/C17H24N2O/c1-13-7-5-11-18-16(13)17(20)19-12-6-10-15(19)14-8-3-2-4-9-14/h2-4,8-9,13,15-16,18H,5-7,10-12H2,1H3. The molecule has 108 valence electrons. The minimum absolute atomic E-state index is 0.0214. The number of hydrogen-bond acceptors (Lipinski definition) is 2.